The summed E-state index contributed by atoms with van der Waals surface area (Å²) in [5.74, 6) is 0.949. The maximum atomic E-state index is 12.5. The highest BCUT2D eigenvalue weighted by Gasteiger charge is 2.21. The molecule has 0 N–H and O–H groups in total. The van der Waals surface area contributed by atoms with E-state index in [1.807, 2.05) is 41.1 Å². The number of benzene rings is 3. The Balaban J connectivity index is 1.80. The molecule has 4 heteroatoms. The molecule has 0 bridgehead atoms. The average Bonchev–Trinajstić information content (AvgIpc) is 2.65. The molecule has 0 aliphatic heterocycles. The van der Waals surface area contributed by atoms with Crippen LogP contribution in [0.4, 0.5) is 0 Å². The molecule has 0 radical (unpaired) electrons. The van der Waals surface area contributed by atoms with Crippen molar-refractivity contribution in [1.29, 1.82) is 0 Å². The summed E-state index contributed by atoms with van der Waals surface area (Å²) in [6.45, 7) is 0. The van der Waals surface area contributed by atoms with Crippen LogP contribution in [0.2, 0.25) is 0 Å². The van der Waals surface area contributed by atoms with Crippen LogP contribution in [0.5, 0.6) is 0 Å². The normalized spacial score (nSPS) is 13.3. The molecule has 3 aromatic rings. The molecule has 0 aliphatic carbocycles. The van der Waals surface area contributed by atoms with Crippen LogP contribution in [-0.4, -0.2) is 10.5 Å². The zero-order valence-corrected chi connectivity index (χ0v) is 16.4. The summed E-state index contributed by atoms with van der Waals surface area (Å²) in [6, 6.07) is 28.9. The van der Waals surface area contributed by atoms with Crippen LogP contribution >= 0.6 is 21.6 Å². The molecule has 0 saturated heterocycles. The molecule has 128 valence electrons. The molecular formula is C21H20OS3. The lowest BCUT2D eigenvalue weighted by atomic mass is 10.0. The van der Waals surface area contributed by atoms with Gasteiger partial charge >= 0.3 is 0 Å². The molecule has 2 unspecified atom stereocenters. The highest BCUT2D eigenvalue weighted by molar-refractivity contribution is 8.76. The lowest BCUT2D eigenvalue weighted by Crippen LogP contribution is -2.08. The molecule has 0 aromatic heterocycles. The molecule has 0 spiro atoms. The average molecular weight is 385 g/mol. The molecule has 0 aliphatic rings. The van der Waals surface area contributed by atoms with E-state index in [0.29, 0.717) is 0 Å². The highest BCUT2D eigenvalue weighted by Crippen LogP contribution is 2.40. The van der Waals surface area contributed by atoms with Crippen LogP contribution in [0.25, 0.3) is 0 Å². The van der Waals surface area contributed by atoms with E-state index in [0.717, 1.165) is 16.9 Å². The van der Waals surface area contributed by atoms with Crippen LogP contribution in [0.15, 0.2) is 89.8 Å². The summed E-state index contributed by atoms with van der Waals surface area (Å²) in [5, 5.41) is -0.0952. The fraction of sp³-hybridized carbons (Fsp3) is 0.143. The van der Waals surface area contributed by atoms with Crippen molar-refractivity contribution in [3.8, 4) is 0 Å². The van der Waals surface area contributed by atoms with Gasteiger partial charge in [-0.25, -0.2) is 0 Å². The topological polar surface area (TPSA) is 17.1 Å². The van der Waals surface area contributed by atoms with E-state index in [2.05, 4.69) is 54.6 Å². The Hall–Kier alpha value is -1.49. The van der Waals surface area contributed by atoms with Crippen molar-refractivity contribution < 1.29 is 4.21 Å². The van der Waals surface area contributed by atoms with Gasteiger partial charge in [0.25, 0.3) is 0 Å². The van der Waals surface area contributed by atoms with Gasteiger partial charge in [0.1, 0.15) is 0 Å². The third kappa shape index (κ3) is 5.00. The van der Waals surface area contributed by atoms with E-state index < -0.39 is 10.8 Å². The van der Waals surface area contributed by atoms with E-state index >= 15 is 0 Å². The molecule has 1 nitrogen and oxygen atoms in total. The van der Waals surface area contributed by atoms with Gasteiger partial charge in [0.15, 0.2) is 0 Å². The minimum Gasteiger partial charge on any atom is -0.259 e. The predicted molar refractivity (Wildman–Crippen MR) is 112 cm³/mol. The first-order valence-electron chi connectivity index (χ1n) is 8.05. The quantitative estimate of drug-likeness (QED) is 0.459. The van der Waals surface area contributed by atoms with Crippen LogP contribution < -0.4 is 0 Å². The molecule has 0 saturated carbocycles. The SMILES string of the molecule is CS(=O)C(c1ccccc1)c1ccccc1SSCc1ccccc1. The standard InChI is InChI=1S/C21H20OS3/c1-25(22)21(18-12-6-3-7-13-18)19-14-8-9-15-20(19)24-23-16-17-10-4-2-5-11-17/h2-15,21H,16H2,1H3. The molecular weight excluding hydrogens is 364 g/mol. The summed E-state index contributed by atoms with van der Waals surface area (Å²) in [5.41, 5.74) is 3.56. The van der Waals surface area contributed by atoms with Crippen molar-refractivity contribution in [1.82, 2.24) is 0 Å². The largest absolute Gasteiger partial charge is 0.259 e. The minimum absolute atomic E-state index is 0.0952. The van der Waals surface area contributed by atoms with Crippen LogP contribution in [0, 0.1) is 0 Å². The Morgan fingerprint density at radius 2 is 1.44 bits per heavy atom. The van der Waals surface area contributed by atoms with E-state index in [1.54, 1.807) is 17.0 Å². The molecule has 3 rings (SSSR count). The first-order chi connectivity index (χ1) is 12.3. The molecule has 0 amide bonds. The summed E-state index contributed by atoms with van der Waals surface area (Å²) in [4.78, 5) is 1.19. The Morgan fingerprint density at radius 3 is 2.12 bits per heavy atom. The summed E-state index contributed by atoms with van der Waals surface area (Å²) in [7, 11) is 2.60. The van der Waals surface area contributed by atoms with Gasteiger partial charge in [-0.3, -0.25) is 4.21 Å². The smallest absolute Gasteiger partial charge is 0.0855 e. The Labute approximate surface area is 160 Å². The van der Waals surface area contributed by atoms with Crippen molar-refractivity contribution in [3.63, 3.8) is 0 Å². The van der Waals surface area contributed by atoms with Gasteiger partial charge in [-0.05, 0) is 22.8 Å². The molecule has 25 heavy (non-hydrogen) atoms. The van der Waals surface area contributed by atoms with Crippen LogP contribution in [0.1, 0.15) is 21.9 Å². The maximum absolute atomic E-state index is 12.5. The Morgan fingerprint density at radius 1 is 0.840 bits per heavy atom. The fourth-order valence-electron chi connectivity index (χ4n) is 2.69. The number of rotatable bonds is 7. The third-order valence-electron chi connectivity index (χ3n) is 3.85. The molecule has 3 aromatic carbocycles. The first-order valence-corrected chi connectivity index (χ1v) is 12.0. The van der Waals surface area contributed by atoms with Gasteiger partial charge in [0, 0.05) is 27.7 Å². The third-order valence-corrected chi connectivity index (χ3v) is 7.41. The van der Waals surface area contributed by atoms with Crippen molar-refractivity contribution in [2.75, 3.05) is 6.26 Å². The molecule has 2 atom stereocenters. The number of hydrogen-bond donors (Lipinski definition) is 0. The second-order valence-corrected chi connectivity index (χ2v) is 9.46. The summed E-state index contributed by atoms with van der Waals surface area (Å²) < 4.78 is 12.5. The van der Waals surface area contributed by atoms with Gasteiger partial charge < -0.3 is 0 Å². The van der Waals surface area contributed by atoms with Crippen LogP contribution in [-0.2, 0) is 16.6 Å². The lowest BCUT2D eigenvalue weighted by molar-refractivity contribution is 0.681. The molecule has 0 heterocycles. The second kappa shape index (κ2) is 9.27. The van der Waals surface area contributed by atoms with E-state index in [4.69, 9.17) is 0 Å². The predicted octanol–water partition coefficient (Wildman–Crippen LogP) is 6.10. The van der Waals surface area contributed by atoms with Crippen molar-refractivity contribution in [2.45, 2.75) is 15.9 Å². The summed E-state index contributed by atoms with van der Waals surface area (Å²) in [6.07, 6.45) is 1.79. The Bertz CT molecular complexity index is 819. The first kappa shape index (κ1) is 18.3. The zero-order valence-electron chi connectivity index (χ0n) is 14.0. The summed E-state index contributed by atoms with van der Waals surface area (Å²) >= 11 is 0. The van der Waals surface area contributed by atoms with Crippen molar-refractivity contribution in [3.05, 3.63) is 102 Å². The van der Waals surface area contributed by atoms with E-state index in [9.17, 15) is 4.21 Å². The minimum atomic E-state index is -0.980. The lowest BCUT2D eigenvalue weighted by Gasteiger charge is -2.18. The van der Waals surface area contributed by atoms with Gasteiger partial charge in [0.2, 0.25) is 0 Å². The van der Waals surface area contributed by atoms with E-state index in [1.165, 1.54) is 10.5 Å². The Kier molecular flexibility index (Phi) is 6.79. The number of hydrogen-bond acceptors (Lipinski definition) is 3. The van der Waals surface area contributed by atoms with Gasteiger partial charge in [0.05, 0.1) is 5.25 Å². The molecule has 0 fully saturated rings. The van der Waals surface area contributed by atoms with E-state index in [-0.39, 0.29) is 5.25 Å². The monoisotopic (exact) mass is 384 g/mol. The van der Waals surface area contributed by atoms with Gasteiger partial charge in [-0.1, -0.05) is 100 Å². The maximum Gasteiger partial charge on any atom is 0.0855 e. The van der Waals surface area contributed by atoms with Gasteiger partial charge in [-0.15, -0.1) is 0 Å². The van der Waals surface area contributed by atoms with Gasteiger partial charge in [-0.2, -0.15) is 0 Å². The fourth-order valence-corrected chi connectivity index (χ4v) is 6.22. The highest BCUT2D eigenvalue weighted by atomic mass is 33.1. The van der Waals surface area contributed by atoms with Crippen molar-refractivity contribution in [2.24, 2.45) is 0 Å². The second-order valence-electron chi connectivity index (χ2n) is 5.66. The zero-order chi connectivity index (χ0) is 17.5. The van der Waals surface area contributed by atoms with Crippen LogP contribution in [0.3, 0.4) is 0 Å². The van der Waals surface area contributed by atoms with Crippen molar-refractivity contribution >= 4 is 32.4 Å².